The highest BCUT2D eigenvalue weighted by molar-refractivity contribution is 6.35. The highest BCUT2D eigenvalue weighted by Crippen LogP contribution is 2.28. The van der Waals surface area contributed by atoms with Crippen LogP contribution in [0.5, 0.6) is 0 Å². The lowest BCUT2D eigenvalue weighted by molar-refractivity contribution is 0.102. The fourth-order valence-electron chi connectivity index (χ4n) is 2.57. The molecule has 0 atom stereocenters. The van der Waals surface area contributed by atoms with Gasteiger partial charge in [-0.25, -0.2) is 9.69 Å². The number of benzene rings is 2. The zero-order valence-corrected chi connectivity index (χ0v) is 15.4. The van der Waals surface area contributed by atoms with Gasteiger partial charge in [0.05, 0.1) is 10.7 Å². The number of aromatic nitrogens is 2. The van der Waals surface area contributed by atoms with E-state index in [1.54, 1.807) is 36.5 Å². The largest absolute Gasteiger partial charge is 0.459 e. The van der Waals surface area contributed by atoms with E-state index in [2.05, 4.69) is 15.5 Å². The van der Waals surface area contributed by atoms with E-state index in [1.165, 1.54) is 16.1 Å². The number of halogens is 2. The predicted molar refractivity (Wildman–Crippen MR) is 105 cm³/mol. The van der Waals surface area contributed by atoms with Crippen molar-refractivity contribution in [2.75, 3.05) is 17.1 Å². The second kappa shape index (κ2) is 7.30. The van der Waals surface area contributed by atoms with Gasteiger partial charge in [-0.3, -0.25) is 4.79 Å². The molecular formula is C18H13Cl2N5O2. The van der Waals surface area contributed by atoms with Crippen LogP contribution in [0, 0.1) is 0 Å². The molecule has 2 aromatic carbocycles. The van der Waals surface area contributed by atoms with Crippen LogP contribution in [0.1, 0.15) is 10.4 Å². The topological polar surface area (TPSA) is 71.8 Å². The van der Waals surface area contributed by atoms with Crippen molar-refractivity contribution < 1.29 is 9.53 Å². The fraction of sp³-hybridized carbons (Fsp3) is 0.0556. The van der Waals surface area contributed by atoms with Crippen LogP contribution in [0.4, 0.5) is 11.5 Å². The van der Waals surface area contributed by atoms with E-state index >= 15 is 0 Å². The Hall–Kier alpha value is -3.03. The van der Waals surface area contributed by atoms with Crippen LogP contribution in [-0.4, -0.2) is 28.8 Å². The molecule has 0 aliphatic carbocycles. The molecule has 0 fully saturated rings. The third kappa shape index (κ3) is 3.60. The minimum absolute atomic E-state index is 0.164. The molecule has 4 rings (SSSR count). The first-order valence-corrected chi connectivity index (χ1v) is 8.70. The Morgan fingerprint density at radius 2 is 1.96 bits per heavy atom. The molecule has 1 N–H and O–H groups in total. The van der Waals surface area contributed by atoms with E-state index < -0.39 is 0 Å². The summed E-state index contributed by atoms with van der Waals surface area (Å²) in [6, 6.07) is 14.2. The number of carbonyl (C=O) groups excluding carboxylic acids is 1. The van der Waals surface area contributed by atoms with E-state index in [4.69, 9.17) is 27.9 Å². The van der Waals surface area contributed by atoms with E-state index in [0.717, 1.165) is 0 Å². The number of hydrogen-bond donors (Lipinski definition) is 1. The van der Waals surface area contributed by atoms with Gasteiger partial charge in [-0.05, 0) is 30.3 Å². The lowest BCUT2D eigenvalue weighted by Crippen LogP contribution is -2.19. The lowest BCUT2D eigenvalue weighted by atomic mass is 10.2. The molecule has 0 unspecified atom stereocenters. The Kier molecular flexibility index (Phi) is 4.70. The van der Waals surface area contributed by atoms with Gasteiger partial charge in [0.2, 0.25) is 0 Å². The van der Waals surface area contributed by atoms with Crippen LogP contribution >= 0.6 is 23.2 Å². The molecule has 3 aromatic rings. The van der Waals surface area contributed by atoms with Gasteiger partial charge in [0.1, 0.15) is 5.56 Å². The maximum atomic E-state index is 12.8. The molecule has 9 heteroatoms. The molecule has 0 bridgehead atoms. The number of rotatable bonds is 4. The zero-order valence-electron chi connectivity index (χ0n) is 13.8. The smallest absolute Gasteiger partial charge is 0.261 e. The summed E-state index contributed by atoms with van der Waals surface area (Å²) in [5.41, 5.74) is 1.59. The highest BCUT2D eigenvalue weighted by Gasteiger charge is 2.24. The standard InChI is InChI=1S/C18H13Cl2N5O2/c19-12-6-7-16(15(20)8-12)24-9-14(17(23-24)25-11-27-10-21-25)18(26)22-13-4-2-1-3-5-13/h1-10H,11H2,(H,22,26). The minimum atomic E-state index is -0.324. The predicted octanol–water partition coefficient (Wildman–Crippen LogP) is 4.17. The molecule has 0 radical (unpaired) electrons. The van der Waals surface area contributed by atoms with Crippen LogP contribution in [0.3, 0.4) is 0 Å². The maximum Gasteiger partial charge on any atom is 0.261 e. The number of ether oxygens (including phenoxy) is 1. The Bertz CT molecular complexity index is 1020. The Morgan fingerprint density at radius 3 is 2.67 bits per heavy atom. The van der Waals surface area contributed by atoms with Crippen molar-refractivity contribution in [3.05, 3.63) is 70.3 Å². The van der Waals surface area contributed by atoms with Crippen LogP contribution in [0.2, 0.25) is 10.0 Å². The molecule has 7 nitrogen and oxygen atoms in total. The number of hydrazone groups is 1. The summed E-state index contributed by atoms with van der Waals surface area (Å²) in [4.78, 5) is 12.8. The molecule has 1 aromatic heterocycles. The minimum Gasteiger partial charge on any atom is -0.459 e. The molecule has 0 saturated heterocycles. The summed E-state index contributed by atoms with van der Waals surface area (Å²) in [6.45, 7) is 0.164. The molecule has 1 aliphatic heterocycles. The van der Waals surface area contributed by atoms with Crippen molar-refractivity contribution in [2.24, 2.45) is 5.10 Å². The molecule has 0 spiro atoms. The van der Waals surface area contributed by atoms with E-state index in [9.17, 15) is 4.79 Å². The van der Waals surface area contributed by atoms with Crippen molar-refractivity contribution in [1.29, 1.82) is 0 Å². The molecule has 1 amide bonds. The maximum absolute atomic E-state index is 12.8. The number of nitrogens with zero attached hydrogens (tertiary/aromatic N) is 4. The second-order valence-corrected chi connectivity index (χ2v) is 6.49. The van der Waals surface area contributed by atoms with Gasteiger partial charge in [0.25, 0.3) is 5.91 Å². The van der Waals surface area contributed by atoms with Crippen molar-refractivity contribution in [3.63, 3.8) is 0 Å². The summed E-state index contributed by atoms with van der Waals surface area (Å²) in [5.74, 6) is 0.0258. The number of para-hydroxylation sites is 1. The number of nitrogens with one attached hydrogen (secondary N) is 1. The van der Waals surface area contributed by atoms with Gasteiger partial charge in [0, 0.05) is 16.9 Å². The van der Waals surface area contributed by atoms with Gasteiger partial charge in [0.15, 0.2) is 18.9 Å². The average molecular weight is 402 g/mol. The summed E-state index contributed by atoms with van der Waals surface area (Å²) in [6.07, 6.45) is 2.89. The third-order valence-corrected chi connectivity index (χ3v) is 4.37. The van der Waals surface area contributed by atoms with Gasteiger partial charge >= 0.3 is 0 Å². The monoisotopic (exact) mass is 401 g/mol. The lowest BCUT2D eigenvalue weighted by Gasteiger charge is -2.10. The first-order chi connectivity index (χ1) is 13.1. The van der Waals surface area contributed by atoms with Gasteiger partial charge in [-0.2, -0.15) is 0 Å². The number of anilines is 2. The van der Waals surface area contributed by atoms with Crippen LogP contribution in [-0.2, 0) is 4.74 Å². The Balaban J connectivity index is 1.74. The first-order valence-electron chi connectivity index (χ1n) is 7.95. The second-order valence-electron chi connectivity index (χ2n) is 5.64. The van der Waals surface area contributed by atoms with E-state index in [0.29, 0.717) is 32.8 Å². The van der Waals surface area contributed by atoms with Crippen LogP contribution in [0.25, 0.3) is 5.69 Å². The summed E-state index contributed by atoms with van der Waals surface area (Å²) >= 11 is 12.2. The third-order valence-electron chi connectivity index (χ3n) is 3.83. The number of hydrogen-bond acceptors (Lipinski definition) is 5. The Labute approximate surface area is 164 Å². The average Bonchev–Trinajstić information content (AvgIpc) is 3.32. The zero-order chi connectivity index (χ0) is 18.8. The van der Waals surface area contributed by atoms with Gasteiger partial charge < -0.3 is 10.1 Å². The van der Waals surface area contributed by atoms with Crippen LogP contribution in [0.15, 0.2) is 59.8 Å². The molecule has 27 heavy (non-hydrogen) atoms. The number of carbonyl (C=O) groups is 1. The van der Waals surface area contributed by atoms with Crippen molar-refractivity contribution >= 4 is 47.0 Å². The molecule has 2 heterocycles. The van der Waals surface area contributed by atoms with Gasteiger partial charge in [-0.1, -0.05) is 41.4 Å². The highest BCUT2D eigenvalue weighted by atomic mass is 35.5. The van der Waals surface area contributed by atoms with Crippen molar-refractivity contribution in [2.45, 2.75) is 0 Å². The molecule has 1 aliphatic rings. The quantitative estimate of drug-likeness (QED) is 0.711. The van der Waals surface area contributed by atoms with Crippen molar-refractivity contribution in [1.82, 2.24) is 9.78 Å². The summed E-state index contributed by atoms with van der Waals surface area (Å²) in [7, 11) is 0. The van der Waals surface area contributed by atoms with E-state index in [-0.39, 0.29) is 12.6 Å². The SMILES string of the molecule is O=C(Nc1ccccc1)c1cn(-c2ccc(Cl)cc2Cl)nc1N1COC=N1. The summed E-state index contributed by atoms with van der Waals surface area (Å²) < 4.78 is 6.64. The van der Waals surface area contributed by atoms with Gasteiger partial charge in [-0.15, -0.1) is 10.2 Å². The number of amides is 1. The molecule has 136 valence electrons. The van der Waals surface area contributed by atoms with E-state index in [1.807, 2.05) is 18.2 Å². The fourth-order valence-corrected chi connectivity index (χ4v) is 3.06. The first kappa shape index (κ1) is 17.4. The van der Waals surface area contributed by atoms with Crippen LogP contribution < -0.4 is 10.3 Å². The van der Waals surface area contributed by atoms with Crippen molar-refractivity contribution in [3.8, 4) is 5.69 Å². The normalized spacial score (nSPS) is 12.9. The summed E-state index contributed by atoms with van der Waals surface area (Å²) in [5, 5.41) is 13.8. The molecular weight excluding hydrogens is 389 g/mol. The molecule has 0 saturated carbocycles. The Morgan fingerprint density at radius 1 is 1.15 bits per heavy atom.